The molecule has 1 aromatic heterocycles. The normalized spacial score (nSPS) is 11.4. The van der Waals surface area contributed by atoms with Crippen LogP contribution in [0.3, 0.4) is 0 Å². The van der Waals surface area contributed by atoms with Gasteiger partial charge in [-0.25, -0.2) is 0 Å². The van der Waals surface area contributed by atoms with Crippen molar-refractivity contribution in [2.75, 3.05) is 13.7 Å². The van der Waals surface area contributed by atoms with Crippen molar-refractivity contribution in [3.63, 3.8) is 0 Å². The van der Waals surface area contributed by atoms with Gasteiger partial charge >= 0.3 is 0 Å². The molecular weight excluding hydrogens is 200 g/mol. The number of methoxy groups -OCH3 is 1. The van der Waals surface area contributed by atoms with Crippen molar-refractivity contribution in [1.29, 1.82) is 0 Å². The highest BCUT2D eigenvalue weighted by atomic mass is 16.5. The van der Waals surface area contributed by atoms with Crippen LogP contribution < -0.4 is 10.1 Å². The van der Waals surface area contributed by atoms with Gasteiger partial charge in [-0.15, -0.1) is 11.8 Å². The van der Waals surface area contributed by atoms with Crippen LogP contribution in [0.15, 0.2) is 18.5 Å². The summed E-state index contributed by atoms with van der Waals surface area (Å²) in [5.74, 6) is 6.82. The number of nitrogens with zero attached hydrogens (tertiary/aromatic N) is 1. The van der Waals surface area contributed by atoms with Crippen LogP contribution in [0.1, 0.15) is 31.9 Å². The molecule has 0 aromatic carbocycles. The van der Waals surface area contributed by atoms with Gasteiger partial charge in [-0.1, -0.05) is 6.92 Å². The molecule has 1 heterocycles. The SMILES string of the molecule is CC#CCC(NCC)c1ccncc1OC. The van der Waals surface area contributed by atoms with Crippen LogP contribution in [-0.4, -0.2) is 18.6 Å². The number of hydrogen-bond acceptors (Lipinski definition) is 3. The summed E-state index contributed by atoms with van der Waals surface area (Å²) in [7, 11) is 1.66. The highest BCUT2D eigenvalue weighted by Gasteiger charge is 2.13. The highest BCUT2D eigenvalue weighted by molar-refractivity contribution is 5.33. The molecule has 0 bridgehead atoms. The Morgan fingerprint density at radius 1 is 1.56 bits per heavy atom. The van der Waals surface area contributed by atoms with E-state index >= 15 is 0 Å². The predicted octanol–water partition coefficient (Wildman–Crippen LogP) is 2.15. The number of ether oxygens (including phenoxy) is 1. The first-order valence-electron chi connectivity index (χ1n) is 5.44. The van der Waals surface area contributed by atoms with Gasteiger partial charge in [0.1, 0.15) is 5.75 Å². The quantitative estimate of drug-likeness (QED) is 0.769. The van der Waals surface area contributed by atoms with E-state index in [1.54, 1.807) is 19.5 Å². The lowest BCUT2D eigenvalue weighted by Crippen LogP contribution is -2.21. The van der Waals surface area contributed by atoms with Gasteiger partial charge in [0.15, 0.2) is 0 Å². The summed E-state index contributed by atoms with van der Waals surface area (Å²) >= 11 is 0. The number of pyridine rings is 1. The van der Waals surface area contributed by atoms with Gasteiger partial charge in [-0.2, -0.15) is 0 Å². The van der Waals surface area contributed by atoms with Gasteiger partial charge in [0, 0.05) is 24.2 Å². The zero-order valence-electron chi connectivity index (χ0n) is 10.1. The monoisotopic (exact) mass is 218 g/mol. The smallest absolute Gasteiger partial charge is 0.141 e. The van der Waals surface area contributed by atoms with Crippen molar-refractivity contribution in [2.45, 2.75) is 26.3 Å². The lowest BCUT2D eigenvalue weighted by molar-refractivity contribution is 0.398. The summed E-state index contributed by atoms with van der Waals surface area (Å²) in [6.07, 6.45) is 4.30. The third-order valence-electron chi connectivity index (χ3n) is 2.35. The molecule has 1 atom stereocenters. The summed E-state index contributed by atoms with van der Waals surface area (Å²) in [4.78, 5) is 4.05. The molecule has 0 aliphatic carbocycles. The lowest BCUT2D eigenvalue weighted by atomic mass is 10.0. The van der Waals surface area contributed by atoms with Crippen LogP contribution in [0.2, 0.25) is 0 Å². The van der Waals surface area contributed by atoms with Crippen LogP contribution in [0.4, 0.5) is 0 Å². The molecule has 0 aliphatic rings. The van der Waals surface area contributed by atoms with E-state index in [9.17, 15) is 0 Å². The fraction of sp³-hybridized carbons (Fsp3) is 0.462. The van der Waals surface area contributed by atoms with E-state index in [0.717, 1.165) is 24.3 Å². The molecule has 0 saturated heterocycles. The second-order valence-electron chi connectivity index (χ2n) is 3.36. The summed E-state index contributed by atoms with van der Waals surface area (Å²) < 4.78 is 5.30. The molecule has 0 amide bonds. The summed E-state index contributed by atoms with van der Waals surface area (Å²) in [5.41, 5.74) is 1.11. The molecule has 0 saturated carbocycles. The Morgan fingerprint density at radius 3 is 3.00 bits per heavy atom. The van der Waals surface area contributed by atoms with E-state index < -0.39 is 0 Å². The minimum absolute atomic E-state index is 0.204. The van der Waals surface area contributed by atoms with Gasteiger partial charge in [0.2, 0.25) is 0 Å². The number of aromatic nitrogens is 1. The van der Waals surface area contributed by atoms with E-state index in [4.69, 9.17) is 4.74 Å². The Morgan fingerprint density at radius 2 is 2.38 bits per heavy atom. The molecule has 3 heteroatoms. The van der Waals surface area contributed by atoms with Gasteiger partial charge in [0.25, 0.3) is 0 Å². The minimum atomic E-state index is 0.204. The maximum absolute atomic E-state index is 5.30. The predicted molar refractivity (Wildman–Crippen MR) is 65.3 cm³/mol. The molecule has 16 heavy (non-hydrogen) atoms. The second-order valence-corrected chi connectivity index (χ2v) is 3.36. The fourth-order valence-electron chi connectivity index (χ4n) is 1.59. The summed E-state index contributed by atoms with van der Waals surface area (Å²) in [6.45, 7) is 4.84. The van der Waals surface area contributed by atoms with Gasteiger partial charge in [-0.05, 0) is 19.5 Å². The zero-order valence-corrected chi connectivity index (χ0v) is 10.1. The molecule has 1 unspecified atom stereocenters. The Kier molecular flexibility index (Phi) is 5.38. The Bertz CT molecular complexity index is 379. The number of nitrogens with one attached hydrogen (secondary N) is 1. The van der Waals surface area contributed by atoms with E-state index in [1.165, 1.54) is 0 Å². The Balaban J connectivity index is 2.93. The first-order valence-corrected chi connectivity index (χ1v) is 5.44. The average molecular weight is 218 g/mol. The molecule has 1 rings (SSSR count). The first-order chi connectivity index (χ1) is 7.83. The molecule has 1 N–H and O–H groups in total. The van der Waals surface area contributed by atoms with E-state index in [0.29, 0.717) is 0 Å². The van der Waals surface area contributed by atoms with Crippen LogP contribution >= 0.6 is 0 Å². The van der Waals surface area contributed by atoms with Crippen LogP contribution in [0.25, 0.3) is 0 Å². The topological polar surface area (TPSA) is 34.2 Å². The van der Waals surface area contributed by atoms with Crippen molar-refractivity contribution in [3.05, 3.63) is 24.0 Å². The lowest BCUT2D eigenvalue weighted by Gasteiger charge is -2.18. The minimum Gasteiger partial charge on any atom is -0.495 e. The standard InChI is InChI=1S/C13H18N2O/c1-4-6-7-12(15-5-2)11-8-9-14-10-13(11)16-3/h8-10,12,15H,5,7H2,1-3H3. The second kappa shape index (κ2) is 6.86. The van der Waals surface area contributed by atoms with Crippen LogP contribution in [-0.2, 0) is 0 Å². The Hall–Kier alpha value is -1.53. The van der Waals surface area contributed by atoms with Crippen molar-refractivity contribution in [2.24, 2.45) is 0 Å². The molecule has 0 fully saturated rings. The van der Waals surface area contributed by atoms with Gasteiger partial charge < -0.3 is 10.1 Å². The van der Waals surface area contributed by atoms with Crippen molar-refractivity contribution < 1.29 is 4.74 Å². The van der Waals surface area contributed by atoms with E-state index in [2.05, 4.69) is 29.1 Å². The molecule has 3 nitrogen and oxygen atoms in total. The van der Waals surface area contributed by atoms with Crippen LogP contribution in [0.5, 0.6) is 5.75 Å². The van der Waals surface area contributed by atoms with Gasteiger partial charge in [-0.3, -0.25) is 4.98 Å². The maximum Gasteiger partial charge on any atom is 0.141 e. The molecule has 86 valence electrons. The average Bonchev–Trinajstić information content (AvgIpc) is 2.34. The molecule has 0 spiro atoms. The molecular formula is C13H18N2O. The summed E-state index contributed by atoms with van der Waals surface area (Å²) in [5, 5.41) is 3.40. The third kappa shape index (κ3) is 3.25. The van der Waals surface area contributed by atoms with E-state index in [1.807, 2.05) is 13.0 Å². The molecule has 0 aliphatic heterocycles. The maximum atomic E-state index is 5.30. The van der Waals surface area contributed by atoms with Crippen molar-refractivity contribution >= 4 is 0 Å². The number of rotatable bonds is 5. The zero-order chi connectivity index (χ0) is 11.8. The molecule has 1 aromatic rings. The van der Waals surface area contributed by atoms with Gasteiger partial charge in [0.05, 0.1) is 13.3 Å². The van der Waals surface area contributed by atoms with Crippen molar-refractivity contribution in [3.8, 4) is 17.6 Å². The highest BCUT2D eigenvalue weighted by Crippen LogP contribution is 2.25. The largest absolute Gasteiger partial charge is 0.495 e. The fourth-order valence-corrected chi connectivity index (χ4v) is 1.59. The van der Waals surface area contributed by atoms with Crippen LogP contribution in [0, 0.1) is 11.8 Å². The summed E-state index contributed by atoms with van der Waals surface area (Å²) in [6, 6.07) is 2.18. The third-order valence-corrected chi connectivity index (χ3v) is 2.35. The number of hydrogen-bond donors (Lipinski definition) is 1. The van der Waals surface area contributed by atoms with E-state index in [-0.39, 0.29) is 6.04 Å². The Labute approximate surface area is 97.2 Å². The van der Waals surface area contributed by atoms with Crippen molar-refractivity contribution in [1.82, 2.24) is 10.3 Å². The first kappa shape index (κ1) is 12.5. The molecule has 0 radical (unpaired) electrons.